The third-order valence-corrected chi connectivity index (χ3v) is 5.83. The van der Waals surface area contributed by atoms with Crippen LogP contribution in [-0.4, -0.2) is 49.8 Å². The van der Waals surface area contributed by atoms with Crippen LogP contribution in [0.1, 0.15) is 24.8 Å². The first-order valence-electron chi connectivity index (χ1n) is 10.2. The number of nitrogens with zero attached hydrogens (tertiary/aromatic N) is 5. The molecule has 2 aromatic heterocycles. The zero-order valence-corrected chi connectivity index (χ0v) is 16.6. The number of aromatic nitrogens is 4. The maximum atomic E-state index is 12.3. The van der Waals surface area contributed by atoms with Gasteiger partial charge in [0.1, 0.15) is 11.6 Å². The lowest BCUT2D eigenvalue weighted by molar-refractivity contribution is -0.128. The van der Waals surface area contributed by atoms with Crippen LogP contribution >= 0.6 is 0 Å². The van der Waals surface area contributed by atoms with E-state index in [-0.39, 0.29) is 0 Å². The van der Waals surface area contributed by atoms with E-state index in [1.807, 2.05) is 41.5 Å². The summed E-state index contributed by atoms with van der Waals surface area (Å²) in [5.74, 6) is 2.42. The molecule has 3 aromatic rings. The van der Waals surface area contributed by atoms with Crippen molar-refractivity contribution in [2.45, 2.75) is 38.4 Å². The summed E-state index contributed by atoms with van der Waals surface area (Å²) < 4.78 is 9.60. The highest BCUT2D eigenvalue weighted by molar-refractivity contribution is 5.79. The molecule has 0 bridgehead atoms. The van der Waals surface area contributed by atoms with Crippen molar-refractivity contribution >= 4 is 5.91 Å². The SMILES string of the molecule is COc1ccc(-c2nccn2CC2CC(=O)N(C3CC3)C2)cc1Cn1cccn1. The Balaban J connectivity index is 1.38. The van der Waals surface area contributed by atoms with Crippen molar-refractivity contribution in [2.24, 2.45) is 5.92 Å². The minimum absolute atomic E-state index is 0.310. The number of imidazole rings is 1. The highest BCUT2D eigenvalue weighted by Gasteiger charge is 2.39. The van der Waals surface area contributed by atoms with Crippen LogP contribution in [0.2, 0.25) is 0 Å². The van der Waals surface area contributed by atoms with Gasteiger partial charge in [-0.25, -0.2) is 4.98 Å². The molecule has 0 N–H and O–H groups in total. The predicted octanol–water partition coefficient (Wildman–Crippen LogP) is 2.81. The third kappa shape index (κ3) is 3.64. The van der Waals surface area contributed by atoms with Gasteiger partial charge in [-0.3, -0.25) is 9.48 Å². The van der Waals surface area contributed by atoms with E-state index in [2.05, 4.69) is 25.6 Å². The molecule has 29 heavy (non-hydrogen) atoms. The second-order valence-electron chi connectivity index (χ2n) is 7.98. The van der Waals surface area contributed by atoms with Crippen LogP contribution in [0.4, 0.5) is 0 Å². The summed E-state index contributed by atoms with van der Waals surface area (Å²) in [6.07, 6.45) is 10.5. The smallest absolute Gasteiger partial charge is 0.223 e. The highest BCUT2D eigenvalue weighted by Crippen LogP contribution is 2.34. The fourth-order valence-electron chi connectivity index (χ4n) is 4.27. The molecule has 0 radical (unpaired) electrons. The van der Waals surface area contributed by atoms with E-state index in [1.54, 1.807) is 13.3 Å². The monoisotopic (exact) mass is 391 g/mol. The topological polar surface area (TPSA) is 65.2 Å². The number of amides is 1. The quantitative estimate of drug-likeness (QED) is 0.621. The van der Waals surface area contributed by atoms with E-state index in [9.17, 15) is 4.79 Å². The molecule has 1 atom stereocenters. The van der Waals surface area contributed by atoms with Crippen LogP contribution in [0.5, 0.6) is 5.75 Å². The van der Waals surface area contributed by atoms with Crippen LogP contribution in [0.3, 0.4) is 0 Å². The van der Waals surface area contributed by atoms with Crippen molar-refractivity contribution < 1.29 is 9.53 Å². The Kier molecular flexibility index (Phi) is 4.58. The molecule has 1 aromatic carbocycles. The van der Waals surface area contributed by atoms with Crippen molar-refractivity contribution in [2.75, 3.05) is 13.7 Å². The molecule has 0 spiro atoms. The number of carbonyl (C=O) groups excluding carboxylic acids is 1. The minimum atomic E-state index is 0.310. The van der Waals surface area contributed by atoms with Gasteiger partial charge in [0, 0.05) is 67.4 Å². The lowest BCUT2D eigenvalue weighted by Gasteiger charge is -2.17. The summed E-state index contributed by atoms with van der Waals surface area (Å²) in [7, 11) is 1.69. The molecule has 1 saturated carbocycles. The van der Waals surface area contributed by atoms with Gasteiger partial charge in [0.05, 0.1) is 13.7 Å². The number of methoxy groups -OCH3 is 1. The molecule has 5 rings (SSSR count). The molecule has 1 unspecified atom stereocenters. The van der Waals surface area contributed by atoms with E-state index in [0.717, 1.165) is 35.8 Å². The molecule has 7 nitrogen and oxygen atoms in total. The first-order chi connectivity index (χ1) is 14.2. The van der Waals surface area contributed by atoms with Gasteiger partial charge in [-0.2, -0.15) is 5.10 Å². The van der Waals surface area contributed by atoms with Gasteiger partial charge in [-0.1, -0.05) is 0 Å². The van der Waals surface area contributed by atoms with E-state index in [4.69, 9.17) is 4.74 Å². The van der Waals surface area contributed by atoms with E-state index >= 15 is 0 Å². The summed E-state index contributed by atoms with van der Waals surface area (Å²) in [5.41, 5.74) is 2.10. The summed E-state index contributed by atoms with van der Waals surface area (Å²) >= 11 is 0. The van der Waals surface area contributed by atoms with Crippen LogP contribution in [0.15, 0.2) is 49.1 Å². The predicted molar refractivity (Wildman–Crippen MR) is 108 cm³/mol. The Morgan fingerprint density at radius 2 is 2.10 bits per heavy atom. The van der Waals surface area contributed by atoms with E-state index in [1.165, 1.54) is 12.8 Å². The van der Waals surface area contributed by atoms with E-state index < -0.39 is 0 Å². The molecule has 1 aliphatic carbocycles. The number of ether oxygens (including phenoxy) is 1. The number of hydrogen-bond acceptors (Lipinski definition) is 4. The van der Waals surface area contributed by atoms with Gasteiger partial charge >= 0.3 is 0 Å². The summed E-state index contributed by atoms with van der Waals surface area (Å²) in [6.45, 7) is 2.32. The zero-order valence-electron chi connectivity index (χ0n) is 16.6. The lowest BCUT2D eigenvalue weighted by atomic mass is 10.1. The van der Waals surface area contributed by atoms with Gasteiger partial charge < -0.3 is 14.2 Å². The Labute approximate surface area is 169 Å². The Bertz CT molecular complexity index is 1010. The standard InChI is InChI=1S/C22H25N5O2/c1-29-20-6-3-17(12-18(20)15-26-9-2-7-24-26)22-23-8-10-25(22)13-16-11-21(28)27(14-16)19-4-5-19/h2-3,6-10,12,16,19H,4-5,11,13-15H2,1H3. The Morgan fingerprint density at radius 3 is 2.86 bits per heavy atom. The molecule has 2 aliphatic rings. The maximum absolute atomic E-state index is 12.3. The third-order valence-electron chi connectivity index (χ3n) is 5.83. The largest absolute Gasteiger partial charge is 0.496 e. The van der Waals surface area contributed by atoms with Crippen molar-refractivity contribution in [1.29, 1.82) is 0 Å². The van der Waals surface area contributed by atoms with Gasteiger partial charge in [0.2, 0.25) is 5.91 Å². The molecular formula is C22H25N5O2. The number of carbonyl (C=O) groups is 1. The summed E-state index contributed by atoms with van der Waals surface area (Å²) in [5, 5.41) is 4.30. The van der Waals surface area contributed by atoms with Crippen molar-refractivity contribution in [3.63, 3.8) is 0 Å². The van der Waals surface area contributed by atoms with Crippen LogP contribution in [-0.2, 0) is 17.9 Å². The van der Waals surface area contributed by atoms with Gasteiger partial charge in [0.15, 0.2) is 0 Å². The maximum Gasteiger partial charge on any atom is 0.223 e. The van der Waals surface area contributed by atoms with Crippen LogP contribution in [0, 0.1) is 5.92 Å². The first kappa shape index (κ1) is 18.0. The number of hydrogen-bond donors (Lipinski definition) is 0. The lowest BCUT2D eigenvalue weighted by Crippen LogP contribution is -2.27. The normalized spacial score (nSPS) is 19.1. The van der Waals surface area contributed by atoms with E-state index in [0.29, 0.717) is 30.8 Å². The second-order valence-corrected chi connectivity index (χ2v) is 7.98. The second kappa shape index (κ2) is 7.39. The van der Waals surface area contributed by atoms with Gasteiger partial charge in [-0.05, 0) is 37.1 Å². The molecular weight excluding hydrogens is 366 g/mol. The average Bonchev–Trinajstić information content (AvgIpc) is 3.09. The van der Waals surface area contributed by atoms with Crippen molar-refractivity contribution in [3.8, 4) is 17.1 Å². The molecule has 7 heteroatoms. The van der Waals surface area contributed by atoms with Crippen molar-refractivity contribution in [1.82, 2.24) is 24.2 Å². The highest BCUT2D eigenvalue weighted by atomic mass is 16.5. The number of benzene rings is 1. The molecule has 150 valence electrons. The number of rotatable bonds is 7. The van der Waals surface area contributed by atoms with Crippen LogP contribution < -0.4 is 4.74 Å². The molecule has 3 heterocycles. The zero-order chi connectivity index (χ0) is 19.8. The summed E-state index contributed by atoms with van der Waals surface area (Å²) in [4.78, 5) is 19.0. The fraction of sp³-hybridized carbons (Fsp3) is 0.409. The molecule has 1 aliphatic heterocycles. The average molecular weight is 391 g/mol. The molecule has 1 amide bonds. The van der Waals surface area contributed by atoms with Gasteiger partial charge in [-0.15, -0.1) is 0 Å². The Morgan fingerprint density at radius 1 is 1.21 bits per heavy atom. The summed E-state index contributed by atoms with van der Waals surface area (Å²) in [6, 6.07) is 8.56. The molecule has 2 fully saturated rings. The fourth-order valence-corrected chi connectivity index (χ4v) is 4.27. The molecule has 1 saturated heterocycles. The van der Waals surface area contributed by atoms with Gasteiger partial charge in [0.25, 0.3) is 0 Å². The van der Waals surface area contributed by atoms with Crippen LogP contribution in [0.25, 0.3) is 11.4 Å². The minimum Gasteiger partial charge on any atom is -0.496 e. The Hall–Kier alpha value is -3.09. The first-order valence-corrected chi connectivity index (χ1v) is 10.2. The van der Waals surface area contributed by atoms with Crippen molar-refractivity contribution in [3.05, 3.63) is 54.6 Å². The number of likely N-dealkylation sites (tertiary alicyclic amines) is 1.